The van der Waals surface area contributed by atoms with Crippen LogP contribution in [0.2, 0.25) is 0 Å². The van der Waals surface area contributed by atoms with E-state index in [9.17, 15) is 13.0 Å². The van der Waals surface area contributed by atoms with E-state index in [-0.39, 0.29) is 10.8 Å². The predicted molar refractivity (Wildman–Crippen MR) is 97.9 cm³/mol. The lowest BCUT2D eigenvalue weighted by Crippen LogP contribution is -2.08. The summed E-state index contributed by atoms with van der Waals surface area (Å²) in [4.78, 5) is 0.0273. The van der Waals surface area contributed by atoms with Gasteiger partial charge in [0.05, 0.1) is 4.90 Å². The molecule has 2 aromatic carbocycles. The third kappa shape index (κ3) is 5.46. The lowest BCUT2D eigenvalue weighted by Gasteiger charge is -2.19. The van der Waals surface area contributed by atoms with Crippen LogP contribution in [0.5, 0.6) is 0 Å². The molecule has 0 spiro atoms. The fourth-order valence-corrected chi connectivity index (χ4v) is 3.85. The Morgan fingerprint density at radius 2 is 1.58 bits per heavy atom. The van der Waals surface area contributed by atoms with Crippen molar-refractivity contribution in [2.24, 2.45) is 0 Å². The summed E-state index contributed by atoms with van der Waals surface area (Å²) in [7, 11) is -4.19. The van der Waals surface area contributed by atoms with Gasteiger partial charge in [0.15, 0.2) is 0 Å². The van der Waals surface area contributed by atoms with Gasteiger partial charge in [0.25, 0.3) is 10.1 Å². The molecule has 1 N–H and O–H groups in total. The second-order valence-corrected chi connectivity index (χ2v) is 7.63. The molecule has 2 rings (SSSR count). The Morgan fingerprint density at radius 1 is 0.917 bits per heavy atom. The van der Waals surface area contributed by atoms with Crippen LogP contribution in [-0.2, 0) is 16.5 Å². The van der Waals surface area contributed by atoms with E-state index in [0.29, 0.717) is 12.0 Å². The van der Waals surface area contributed by atoms with Gasteiger partial charge in [-0.25, -0.2) is 0 Å². The smallest absolute Gasteiger partial charge is 0.282 e. The normalized spacial score (nSPS) is 12.9. The summed E-state index contributed by atoms with van der Waals surface area (Å²) in [5.41, 5.74) is 1.91. The second kappa shape index (κ2) is 9.00. The zero-order valence-corrected chi connectivity index (χ0v) is 15.0. The molecule has 24 heavy (non-hydrogen) atoms. The fourth-order valence-electron chi connectivity index (χ4n) is 3.12. The molecule has 0 amide bonds. The minimum atomic E-state index is -4.19. The van der Waals surface area contributed by atoms with E-state index in [1.165, 1.54) is 30.9 Å². The highest BCUT2D eigenvalue weighted by molar-refractivity contribution is 7.85. The van der Waals surface area contributed by atoms with Gasteiger partial charge in [-0.2, -0.15) is 8.42 Å². The molecule has 0 aromatic heterocycles. The minimum absolute atomic E-state index is 0.0273. The minimum Gasteiger partial charge on any atom is -0.282 e. The van der Waals surface area contributed by atoms with Crippen molar-refractivity contribution >= 4 is 10.1 Å². The average molecular weight is 346 g/mol. The first kappa shape index (κ1) is 18.7. The van der Waals surface area contributed by atoms with E-state index in [1.807, 2.05) is 24.3 Å². The van der Waals surface area contributed by atoms with Crippen LogP contribution in [-0.4, -0.2) is 13.0 Å². The molecule has 0 bridgehead atoms. The number of hydrogen-bond donors (Lipinski definition) is 1. The third-order valence-corrected chi connectivity index (χ3v) is 5.35. The topological polar surface area (TPSA) is 54.4 Å². The molecule has 2 aromatic rings. The molecular formula is C20H26O3S. The van der Waals surface area contributed by atoms with E-state index in [0.717, 1.165) is 12.8 Å². The number of rotatable bonds is 9. The monoisotopic (exact) mass is 346 g/mol. The molecule has 4 heteroatoms. The van der Waals surface area contributed by atoms with Crippen molar-refractivity contribution in [1.82, 2.24) is 0 Å². The molecule has 0 saturated carbocycles. The largest absolute Gasteiger partial charge is 0.294 e. The molecule has 3 nitrogen and oxygen atoms in total. The summed E-state index contributed by atoms with van der Waals surface area (Å²) in [6, 6.07) is 17.0. The molecule has 130 valence electrons. The highest BCUT2D eigenvalue weighted by Gasteiger charge is 2.19. The summed E-state index contributed by atoms with van der Waals surface area (Å²) in [5, 5.41) is 0. The molecule has 0 heterocycles. The van der Waals surface area contributed by atoms with Crippen molar-refractivity contribution in [2.75, 3.05) is 0 Å². The van der Waals surface area contributed by atoms with E-state index >= 15 is 0 Å². The molecule has 0 aliphatic rings. The average Bonchev–Trinajstić information content (AvgIpc) is 2.58. The molecule has 0 fully saturated rings. The van der Waals surface area contributed by atoms with Gasteiger partial charge in [-0.15, -0.1) is 0 Å². The van der Waals surface area contributed by atoms with Gasteiger partial charge in [0.1, 0.15) is 0 Å². The zero-order chi connectivity index (χ0) is 17.4. The van der Waals surface area contributed by atoms with E-state index < -0.39 is 10.1 Å². The fraction of sp³-hybridized carbons (Fsp3) is 0.400. The predicted octanol–water partition coefficient (Wildman–Crippen LogP) is 5.23. The van der Waals surface area contributed by atoms with Crippen LogP contribution in [0.1, 0.15) is 56.1 Å². The summed E-state index contributed by atoms with van der Waals surface area (Å²) in [6.07, 6.45) is 6.38. The van der Waals surface area contributed by atoms with Gasteiger partial charge in [-0.3, -0.25) is 4.55 Å². The van der Waals surface area contributed by atoms with Crippen molar-refractivity contribution in [3.63, 3.8) is 0 Å². The van der Waals surface area contributed by atoms with Gasteiger partial charge >= 0.3 is 0 Å². The first-order chi connectivity index (χ1) is 11.5. The standard InChI is InChI=1S/C20H26O3S/c1-2-3-4-6-13-18(17-11-7-5-8-12-17)16-19-14-9-10-15-20(19)24(21,22)23/h5,7-12,14-15,18H,2-4,6,13,16H2,1H3,(H,21,22,23). The van der Waals surface area contributed by atoms with Crippen LogP contribution in [0.15, 0.2) is 59.5 Å². The number of hydrogen-bond acceptors (Lipinski definition) is 2. The van der Waals surface area contributed by atoms with Gasteiger partial charge in [0, 0.05) is 0 Å². The van der Waals surface area contributed by atoms with Crippen LogP contribution in [0.4, 0.5) is 0 Å². The summed E-state index contributed by atoms with van der Waals surface area (Å²) < 4.78 is 32.7. The Labute approximate surface area is 145 Å². The SMILES string of the molecule is CCCCCCC(Cc1ccccc1S(=O)(=O)O)c1ccccc1. The number of benzene rings is 2. The van der Waals surface area contributed by atoms with Gasteiger partial charge in [-0.05, 0) is 36.0 Å². The second-order valence-electron chi connectivity index (χ2n) is 6.24. The van der Waals surface area contributed by atoms with E-state index in [1.54, 1.807) is 12.1 Å². The van der Waals surface area contributed by atoms with Crippen molar-refractivity contribution in [1.29, 1.82) is 0 Å². The first-order valence-corrected chi connectivity index (χ1v) is 10.1. The van der Waals surface area contributed by atoms with Gasteiger partial charge in [0.2, 0.25) is 0 Å². The first-order valence-electron chi connectivity index (χ1n) is 8.62. The lowest BCUT2D eigenvalue weighted by molar-refractivity contribution is 0.480. The summed E-state index contributed by atoms with van der Waals surface area (Å²) in [6.45, 7) is 2.19. The van der Waals surface area contributed by atoms with Crippen molar-refractivity contribution < 1.29 is 13.0 Å². The molecule has 0 saturated heterocycles. The molecular weight excluding hydrogens is 320 g/mol. The van der Waals surface area contributed by atoms with Crippen LogP contribution in [0.3, 0.4) is 0 Å². The lowest BCUT2D eigenvalue weighted by atomic mass is 9.87. The van der Waals surface area contributed by atoms with Gasteiger partial charge in [-0.1, -0.05) is 81.1 Å². The molecule has 1 unspecified atom stereocenters. The summed E-state index contributed by atoms with van der Waals surface area (Å²) in [5.74, 6) is 0.256. The molecule has 0 aliphatic carbocycles. The maximum Gasteiger partial charge on any atom is 0.294 e. The third-order valence-electron chi connectivity index (χ3n) is 4.39. The zero-order valence-electron chi connectivity index (χ0n) is 14.2. The van der Waals surface area contributed by atoms with E-state index in [2.05, 4.69) is 19.1 Å². The maximum atomic E-state index is 11.6. The Hall–Kier alpha value is -1.65. The Balaban J connectivity index is 2.23. The summed E-state index contributed by atoms with van der Waals surface area (Å²) >= 11 is 0. The van der Waals surface area contributed by atoms with E-state index in [4.69, 9.17) is 0 Å². The van der Waals surface area contributed by atoms with Gasteiger partial charge < -0.3 is 0 Å². The Morgan fingerprint density at radius 3 is 2.25 bits per heavy atom. The highest BCUT2D eigenvalue weighted by atomic mass is 32.2. The van der Waals surface area contributed by atoms with Crippen LogP contribution in [0.25, 0.3) is 0 Å². The quantitative estimate of drug-likeness (QED) is 0.499. The maximum absolute atomic E-state index is 11.6. The Kier molecular flexibility index (Phi) is 7.00. The van der Waals surface area contributed by atoms with Crippen molar-refractivity contribution in [2.45, 2.75) is 56.3 Å². The molecule has 0 aliphatic heterocycles. The molecule has 0 radical (unpaired) electrons. The van der Waals surface area contributed by atoms with Crippen molar-refractivity contribution in [3.05, 3.63) is 65.7 Å². The van der Waals surface area contributed by atoms with Crippen molar-refractivity contribution in [3.8, 4) is 0 Å². The van der Waals surface area contributed by atoms with Crippen LogP contribution in [0, 0.1) is 0 Å². The molecule has 1 atom stereocenters. The Bertz CT molecular complexity index is 724. The number of unbranched alkanes of at least 4 members (excludes halogenated alkanes) is 3. The van der Waals surface area contributed by atoms with Crippen LogP contribution < -0.4 is 0 Å². The van der Waals surface area contributed by atoms with Crippen LogP contribution >= 0.6 is 0 Å². The highest BCUT2D eigenvalue weighted by Crippen LogP contribution is 2.29.